The molecule has 1 aromatic carbocycles. The fourth-order valence-electron chi connectivity index (χ4n) is 1.91. The average Bonchev–Trinajstić information content (AvgIpc) is 2.87. The van der Waals surface area contributed by atoms with Gasteiger partial charge in [-0.05, 0) is 19.1 Å². The Kier molecular flexibility index (Phi) is 5.37. The molecule has 10 heteroatoms. The van der Waals surface area contributed by atoms with Crippen molar-refractivity contribution in [2.75, 3.05) is 11.2 Å². The SMILES string of the molecule is CCc1nnc(S[C@@H](C)C(=O)Nc2ccccc2C(F)(F)F)n1N. The van der Waals surface area contributed by atoms with E-state index in [1.165, 1.54) is 22.9 Å². The Bertz CT molecular complexity index is 731. The van der Waals surface area contributed by atoms with Crippen LogP contribution in [0, 0.1) is 0 Å². The molecule has 0 spiro atoms. The number of nitrogens with one attached hydrogen (secondary N) is 1. The molecule has 3 N–H and O–H groups in total. The van der Waals surface area contributed by atoms with Crippen LogP contribution in [0.5, 0.6) is 0 Å². The third-order valence-electron chi connectivity index (χ3n) is 3.19. The van der Waals surface area contributed by atoms with E-state index in [9.17, 15) is 18.0 Å². The molecule has 1 atom stereocenters. The molecule has 1 amide bonds. The van der Waals surface area contributed by atoms with Gasteiger partial charge < -0.3 is 11.2 Å². The minimum Gasteiger partial charge on any atom is -0.336 e. The van der Waals surface area contributed by atoms with E-state index in [2.05, 4.69) is 15.5 Å². The van der Waals surface area contributed by atoms with Gasteiger partial charge in [-0.25, -0.2) is 4.68 Å². The predicted molar refractivity (Wildman–Crippen MR) is 84.9 cm³/mol. The molecule has 0 aliphatic rings. The Morgan fingerprint density at radius 3 is 2.62 bits per heavy atom. The molecule has 1 heterocycles. The summed E-state index contributed by atoms with van der Waals surface area (Å²) in [6, 6.07) is 4.81. The number of carbonyl (C=O) groups is 1. The fraction of sp³-hybridized carbons (Fsp3) is 0.357. The van der Waals surface area contributed by atoms with Crippen LogP contribution in [0.4, 0.5) is 18.9 Å². The lowest BCUT2D eigenvalue weighted by Crippen LogP contribution is -2.25. The number of nitrogens with zero attached hydrogens (tertiary/aromatic N) is 3. The van der Waals surface area contributed by atoms with Crippen LogP contribution >= 0.6 is 11.8 Å². The summed E-state index contributed by atoms with van der Waals surface area (Å²) in [5.74, 6) is 5.75. The van der Waals surface area contributed by atoms with Crippen molar-refractivity contribution in [1.82, 2.24) is 14.9 Å². The molecule has 6 nitrogen and oxygen atoms in total. The molecule has 1 aromatic heterocycles. The second-order valence-corrected chi connectivity index (χ2v) is 6.22. The molecule has 130 valence electrons. The maximum atomic E-state index is 12.9. The van der Waals surface area contributed by atoms with Crippen LogP contribution in [0.3, 0.4) is 0 Å². The highest BCUT2D eigenvalue weighted by Crippen LogP contribution is 2.35. The van der Waals surface area contributed by atoms with Crippen molar-refractivity contribution >= 4 is 23.4 Å². The van der Waals surface area contributed by atoms with E-state index in [4.69, 9.17) is 5.84 Å². The molecule has 2 rings (SSSR count). The molecular weight excluding hydrogens is 343 g/mol. The summed E-state index contributed by atoms with van der Waals surface area (Å²) in [6.45, 7) is 3.41. The van der Waals surface area contributed by atoms with Crippen LogP contribution in [-0.2, 0) is 17.4 Å². The van der Waals surface area contributed by atoms with Crippen LogP contribution in [0.15, 0.2) is 29.4 Å². The van der Waals surface area contributed by atoms with E-state index in [0.717, 1.165) is 17.8 Å². The normalized spacial score (nSPS) is 12.9. The first-order valence-corrected chi connectivity index (χ1v) is 7.95. The van der Waals surface area contributed by atoms with E-state index in [0.29, 0.717) is 17.4 Å². The van der Waals surface area contributed by atoms with Crippen molar-refractivity contribution < 1.29 is 18.0 Å². The van der Waals surface area contributed by atoms with Gasteiger partial charge in [0.05, 0.1) is 16.5 Å². The number of alkyl halides is 3. The highest BCUT2D eigenvalue weighted by molar-refractivity contribution is 8.00. The zero-order chi connectivity index (χ0) is 17.9. The van der Waals surface area contributed by atoms with E-state index in [1.807, 2.05) is 6.92 Å². The van der Waals surface area contributed by atoms with Crippen LogP contribution in [0.25, 0.3) is 0 Å². The number of anilines is 1. The third-order valence-corrected chi connectivity index (χ3v) is 4.25. The summed E-state index contributed by atoms with van der Waals surface area (Å²) in [5.41, 5.74) is -1.18. The van der Waals surface area contributed by atoms with Gasteiger partial charge in [0.2, 0.25) is 11.1 Å². The minimum absolute atomic E-state index is 0.286. The highest BCUT2D eigenvalue weighted by Gasteiger charge is 2.34. The number of para-hydroxylation sites is 1. The first-order valence-electron chi connectivity index (χ1n) is 7.07. The smallest absolute Gasteiger partial charge is 0.336 e. The lowest BCUT2D eigenvalue weighted by Gasteiger charge is -2.15. The van der Waals surface area contributed by atoms with E-state index in [-0.39, 0.29) is 5.69 Å². The number of aromatic nitrogens is 3. The monoisotopic (exact) mass is 359 g/mol. The van der Waals surface area contributed by atoms with Crippen LogP contribution in [0.2, 0.25) is 0 Å². The molecule has 0 fully saturated rings. The van der Waals surface area contributed by atoms with Crippen molar-refractivity contribution in [2.45, 2.75) is 36.9 Å². The number of aryl methyl sites for hydroxylation is 1. The summed E-state index contributed by atoms with van der Waals surface area (Å²) >= 11 is 1.02. The van der Waals surface area contributed by atoms with Crippen molar-refractivity contribution in [3.05, 3.63) is 35.7 Å². The third kappa shape index (κ3) is 3.99. The number of carbonyl (C=O) groups excluding carboxylic acids is 1. The number of amides is 1. The van der Waals surface area contributed by atoms with Crippen molar-refractivity contribution in [3.63, 3.8) is 0 Å². The number of nitrogen functional groups attached to an aromatic ring is 1. The molecule has 0 aliphatic heterocycles. The number of hydrogen-bond acceptors (Lipinski definition) is 5. The number of thioether (sulfide) groups is 1. The Morgan fingerprint density at radius 1 is 1.38 bits per heavy atom. The number of rotatable bonds is 5. The number of nitrogens with two attached hydrogens (primary N) is 1. The van der Waals surface area contributed by atoms with Gasteiger partial charge in [0.15, 0.2) is 5.82 Å². The van der Waals surface area contributed by atoms with Gasteiger partial charge in [-0.2, -0.15) is 13.2 Å². The van der Waals surface area contributed by atoms with Gasteiger partial charge >= 0.3 is 6.18 Å². The van der Waals surface area contributed by atoms with Gasteiger partial charge in [0.25, 0.3) is 0 Å². The van der Waals surface area contributed by atoms with Gasteiger partial charge in [0.1, 0.15) is 0 Å². The first-order chi connectivity index (χ1) is 11.2. The van der Waals surface area contributed by atoms with E-state index in [1.54, 1.807) is 6.92 Å². The summed E-state index contributed by atoms with van der Waals surface area (Å²) in [5, 5.41) is 9.64. The molecule has 24 heavy (non-hydrogen) atoms. The second-order valence-electron chi connectivity index (χ2n) is 4.92. The lowest BCUT2D eigenvalue weighted by molar-refractivity contribution is -0.137. The zero-order valence-electron chi connectivity index (χ0n) is 13.0. The summed E-state index contributed by atoms with van der Waals surface area (Å²) in [4.78, 5) is 12.2. The first kappa shape index (κ1) is 18.1. The standard InChI is InChI=1S/C14H16F3N5OS/c1-3-11-20-21-13(22(11)18)24-8(2)12(23)19-10-7-5-4-6-9(10)14(15,16)17/h4-8H,3,18H2,1-2H3,(H,19,23)/t8-/m0/s1. The van der Waals surface area contributed by atoms with E-state index < -0.39 is 22.9 Å². The number of hydrogen-bond donors (Lipinski definition) is 2. The quantitative estimate of drug-likeness (QED) is 0.633. The Labute approximate surface area is 140 Å². The molecule has 0 aliphatic carbocycles. The lowest BCUT2D eigenvalue weighted by atomic mass is 10.1. The maximum Gasteiger partial charge on any atom is 0.418 e. The van der Waals surface area contributed by atoms with Crippen LogP contribution in [-0.4, -0.2) is 26.0 Å². The second kappa shape index (κ2) is 7.12. The number of halogens is 3. The molecule has 0 saturated heterocycles. The molecule has 2 aromatic rings. The maximum absolute atomic E-state index is 12.9. The van der Waals surface area contributed by atoms with Crippen LogP contribution in [0.1, 0.15) is 25.2 Å². The highest BCUT2D eigenvalue weighted by atomic mass is 32.2. The zero-order valence-corrected chi connectivity index (χ0v) is 13.8. The molecule has 0 bridgehead atoms. The van der Waals surface area contributed by atoms with Gasteiger partial charge in [-0.15, -0.1) is 10.2 Å². The number of benzene rings is 1. The van der Waals surface area contributed by atoms with Gasteiger partial charge in [-0.3, -0.25) is 4.79 Å². The average molecular weight is 359 g/mol. The van der Waals surface area contributed by atoms with Crippen molar-refractivity contribution in [3.8, 4) is 0 Å². The molecule has 0 radical (unpaired) electrons. The topological polar surface area (TPSA) is 85.8 Å². The largest absolute Gasteiger partial charge is 0.418 e. The molecule has 0 unspecified atom stereocenters. The van der Waals surface area contributed by atoms with Crippen molar-refractivity contribution in [1.29, 1.82) is 0 Å². The van der Waals surface area contributed by atoms with Gasteiger partial charge in [-0.1, -0.05) is 30.8 Å². The Balaban J connectivity index is 2.11. The summed E-state index contributed by atoms with van der Waals surface area (Å²) in [6.07, 6.45) is -3.97. The van der Waals surface area contributed by atoms with Crippen molar-refractivity contribution in [2.24, 2.45) is 0 Å². The summed E-state index contributed by atoms with van der Waals surface area (Å²) < 4.78 is 40.1. The van der Waals surface area contributed by atoms with Crippen LogP contribution < -0.4 is 11.2 Å². The summed E-state index contributed by atoms with van der Waals surface area (Å²) in [7, 11) is 0. The predicted octanol–water partition coefficient (Wildman–Crippen LogP) is 2.69. The van der Waals surface area contributed by atoms with E-state index >= 15 is 0 Å². The fourth-order valence-corrected chi connectivity index (χ4v) is 2.70. The Morgan fingerprint density at radius 2 is 2.04 bits per heavy atom. The molecular formula is C14H16F3N5OS. The Hall–Kier alpha value is -2.23. The molecule has 0 saturated carbocycles. The minimum atomic E-state index is -4.55. The van der Waals surface area contributed by atoms with Gasteiger partial charge in [0, 0.05) is 6.42 Å².